The van der Waals surface area contributed by atoms with Crippen molar-refractivity contribution in [3.05, 3.63) is 133 Å². The molecule has 206 valence electrons. The highest BCUT2D eigenvalue weighted by Crippen LogP contribution is 2.41. The Morgan fingerprint density at radius 2 is 0.841 bits per heavy atom. The summed E-state index contributed by atoms with van der Waals surface area (Å²) in [6.07, 6.45) is 0. The Kier molecular flexibility index (Phi) is 5.40. The highest BCUT2D eigenvalue weighted by atomic mass is 16.3. The molecule has 0 bridgehead atoms. The summed E-state index contributed by atoms with van der Waals surface area (Å²) in [4.78, 5) is 20.4. The molecule has 0 N–H and O–H groups in total. The average molecular weight is 567 g/mol. The first kappa shape index (κ1) is 24.5. The van der Waals surface area contributed by atoms with E-state index in [9.17, 15) is 0 Å². The zero-order valence-corrected chi connectivity index (χ0v) is 23.3. The van der Waals surface area contributed by atoms with Crippen molar-refractivity contribution in [1.82, 2.24) is 19.9 Å². The molecule has 4 heterocycles. The largest absolute Gasteiger partial charge is 0.452 e. The van der Waals surface area contributed by atoms with Gasteiger partial charge >= 0.3 is 0 Å². The first-order valence-electron chi connectivity index (χ1n) is 14.4. The van der Waals surface area contributed by atoms with E-state index in [1.165, 1.54) is 0 Å². The number of hydrogen-bond donors (Lipinski definition) is 0. The Labute approximate surface area is 251 Å². The third-order valence-electron chi connectivity index (χ3n) is 7.94. The Bertz CT molecular complexity index is 2500. The monoisotopic (exact) mass is 566 g/mol. The Morgan fingerprint density at radius 1 is 0.364 bits per heavy atom. The van der Waals surface area contributed by atoms with Crippen LogP contribution >= 0.6 is 0 Å². The number of nitrogens with zero attached hydrogens (tertiary/aromatic N) is 4. The number of fused-ring (bicyclic) bond motifs is 6. The first-order chi connectivity index (χ1) is 21.8. The van der Waals surface area contributed by atoms with Crippen LogP contribution in [0.15, 0.2) is 142 Å². The predicted octanol–water partition coefficient (Wildman–Crippen LogP) is 9.73. The van der Waals surface area contributed by atoms with E-state index < -0.39 is 0 Å². The van der Waals surface area contributed by atoms with E-state index >= 15 is 0 Å². The fourth-order valence-electron chi connectivity index (χ4n) is 5.88. The molecule has 0 spiro atoms. The van der Waals surface area contributed by atoms with Gasteiger partial charge in [-0.25, -0.2) is 19.9 Å². The van der Waals surface area contributed by atoms with Gasteiger partial charge in [0, 0.05) is 33.0 Å². The molecule has 0 saturated heterocycles. The van der Waals surface area contributed by atoms with Gasteiger partial charge in [0.25, 0.3) is 0 Å². The van der Waals surface area contributed by atoms with Crippen LogP contribution in [0.4, 0.5) is 0 Å². The fourth-order valence-corrected chi connectivity index (χ4v) is 5.88. The van der Waals surface area contributed by atoms with E-state index in [1.54, 1.807) is 0 Å². The van der Waals surface area contributed by atoms with Crippen molar-refractivity contribution in [2.75, 3.05) is 0 Å². The summed E-state index contributed by atoms with van der Waals surface area (Å²) in [6, 6.07) is 44.1. The average Bonchev–Trinajstić information content (AvgIpc) is 3.67. The van der Waals surface area contributed by atoms with Crippen molar-refractivity contribution in [2.45, 2.75) is 0 Å². The molecule has 9 rings (SSSR count). The van der Waals surface area contributed by atoms with Crippen molar-refractivity contribution in [3.63, 3.8) is 0 Å². The SMILES string of the molecule is c1ccc(-c2nc(-c3ccccc3-c3nc(-c4ccccc4)c4oc5ccccc5c4n3)c3oc4ccccc4c3n2)cc1. The fraction of sp³-hybridized carbons (Fsp3) is 0. The van der Waals surface area contributed by atoms with Crippen molar-refractivity contribution in [2.24, 2.45) is 0 Å². The molecule has 0 aliphatic heterocycles. The summed E-state index contributed by atoms with van der Waals surface area (Å²) in [6.45, 7) is 0. The van der Waals surface area contributed by atoms with E-state index in [0.717, 1.165) is 60.9 Å². The summed E-state index contributed by atoms with van der Waals surface area (Å²) >= 11 is 0. The van der Waals surface area contributed by atoms with E-state index in [2.05, 4.69) is 0 Å². The van der Waals surface area contributed by atoms with Crippen LogP contribution in [0, 0.1) is 0 Å². The number of para-hydroxylation sites is 2. The molecule has 0 unspecified atom stereocenters. The molecule has 44 heavy (non-hydrogen) atoms. The molecule has 9 aromatic rings. The summed E-state index contributed by atoms with van der Waals surface area (Å²) in [5.74, 6) is 1.19. The van der Waals surface area contributed by atoms with Crippen LogP contribution in [0.25, 0.3) is 89.4 Å². The molecule has 0 atom stereocenters. The van der Waals surface area contributed by atoms with Crippen molar-refractivity contribution in [1.29, 1.82) is 0 Å². The minimum atomic E-state index is 0.572. The summed E-state index contributed by atoms with van der Waals surface area (Å²) < 4.78 is 12.8. The van der Waals surface area contributed by atoms with Crippen LogP contribution in [0.2, 0.25) is 0 Å². The van der Waals surface area contributed by atoms with Crippen molar-refractivity contribution in [3.8, 4) is 45.3 Å². The third kappa shape index (κ3) is 3.82. The molecular weight excluding hydrogens is 544 g/mol. The number of furan rings is 2. The Morgan fingerprint density at radius 3 is 1.50 bits per heavy atom. The van der Waals surface area contributed by atoms with Crippen molar-refractivity contribution < 1.29 is 8.83 Å². The maximum Gasteiger partial charge on any atom is 0.180 e. The third-order valence-corrected chi connectivity index (χ3v) is 7.94. The van der Waals surface area contributed by atoms with E-state index in [0.29, 0.717) is 28.5 Å². The Balaban J connectivity index is 1.36. The van der Waals surface area contributed by atoms with Gasteiger partial charge in [-0.1, -0.05) is 109 Å². The molecule has 4 aromatic heterocycles. The van der Waals surface area contributed by atoms with Gasteiger partial charge in [-0.2, -0.15) is 0 Å². The summed E-state index contributed by atoms with van der Waals surface area (Å²) in [5, 5.41) is 1.88. The molecule has 0 fully saturated rings. The molecule has 0 aliphatic rings. The summed E-state index contributed by atoms with van der Waals surface area (Å²) in [5.41, 5.74) is 9.31. The zero-order chi connectivity index (χ0) is 29.0. The smallest absolute Gasteiger partial charge is 0.180 e. The van der Waals surface area contributed by atoms with Crippen LogP contribution in [0.1, 0.15) is 0 Å². The lowest BCUT2D eigenvalue weighted by Gasteiger charge is -2.12. The normalized spacial score (nSPS) is 11.6. The first-order valence-corrected chi connectivity index (χ1v) is 14.4. The molecule has 0 saturated carbocycles. The quantitative estimate of drug-likeness (QED) is 0.211. The molecule has 6 heteroatoms. The van der Waals surface area contributed by atoms with Crippen LogP contribution in [-0.2, 0) is 0 Å². The molecule has 0 radical (unpaired) electrons. The van der Waals surface area contributed by atoms with Gasteiger partial charge in [-0.15, -0.1) is 0 Å². The second-order valence-electron chi connectivity index (χ2n) is 10.6. The van der Waals surface area contributed by atoms with Crippen LogP contribution in [0.5, 0.6) is 0 Å². The van der Waals surface area contributed by atoms with Gasteiger partial charge < -0.3 is 8.83 Å². The lowest BCUT2D eigenvalue weighted by atomic mass is 10.0. The van der Waals surface area contributed by atoms with Gasteiger partial charge in [0.15, 0.2) is 22.8 Å². The maximum atomic E-state index is 6.45. The van der Waals surface area contributed by atoms with Gasteiger partial charge in [0.1, 0.15) is 33.6 Å². The Hall–Kier alpha value is -6.14. The lowest BCUT2D eigenvalue weighted by Crippen LogP contribution is -1.98. The molecular formula is C38H22N4O2. The predicted molar refractivity (Wildman–Crippen MR) is 174 cm³/mol. The number of benzene rings is 5. The lowest BCUT2D eigenvalue weighted by molar-refractivity contribution is 0.666. The van der Waals surface area contributed by atoms with Crippen LogP contribution in [-0.4, -0.2) is 19.9 Å². The standard InChI is InChI=1S/C38H22N4O2/c1-3-13-23(14-4-1)31-35-33(27-19-9-11-21-29(27)43-35)42-38(39-31)26-18-8-7-17-25(26)32-36-34(28-20-10-12-22-30(28)44-36)41-37(40-32)24-15-5-2-6-16-24/h1-22H. The van der Waals surface area contributed by atoms with Crippen LogP contribution in [0.3, 0.4) is 0 Å². The highest BCUT2D eigenvalue weighted by Gasteiger charge is 2.23. The van der Waals surface area contributed by atoms with E-state index in [4.69, 9.17) is 28.8 Å². The maximum absolute atomic E-state index is 6.45. The molecule has 0 aliphatic carbocycles. The zero-order valence-electron chi connectivity index (χ0n) is 23.3. The second kappa shape index (κ2) is 9.71. The van der Waals surface area contributed by atoms with Gasteiger partial charge in [0.05, 0.1) is 0 Å². The summed E-state index contributed by atoms with van der Waals surface area (Å²) in [7, 11) is 0. The van der Waals surface area contributed by atoms with E-state index in [-0.39, 0.29) is 0 Å². The minimum Gasteiger partial charge on any atom is -0.452 e. The second-order valence-corrected chi connectivity index (χ2v) is 10.6. The molecule has 6 nitrogen and oxygen atoms in total. The van der Waals surface area contributed by atoms with Gasteiger partial charge in [-0.05, 0) is 24.3 Å². The minimum absolute atomic E-state index is 0.572. The number of hydrogen-bond acceptors (Lipinski definition) is 6. The van der Waals surface area contributed by atoms with Crippen molar-refractivity contribution >= 4 is 44.1 Å². The number of rotatable bonds is 4. The van der Waals surface area contributed by atoms with Gasteiger partial charge in [0.2, 0.25) is 0 Å². The molecule has 5 aromatic carbocycles. The topological polar surface area (TPSA) is 77.8 Å². The highest BCUT2D eigenvalue weighted by molar-refractivity contribution is 6.09. The van der Waals surface area contributed by atoms with Crippen LogP contribution < -0.4 is 0 Å². The molecule has 0 amide bonds. The van der Waals surface area contributed by atoms with Gasteiger partial charge in [-0.3, -0.25) is 0 Å². The van der Waals surface area contributed by atoms with E-state index in [1.807, 2.05) is 133 Å². The number of aromatic nitrogens is 4.